The van der Waals surface area contributed by atoms with E-state index in [1.54, 1.807) is 35.7 Å². The Bertz CT molecular complexity index is 1550. The highest BCUT2D eigenvalue weighted by Crippen LogP contribution is 2.42. The van der Waals surface area contributed by atoms with Crippen molar-refractivity contribution in [3.8, 4) is 21.8 Å². The summed E-state index contributed by atoms with van der Waals surface area (Å²) < 4.78 is 32.9. The molecule has 3 N–H and O–H groups in total. The van der Waals surface area contributed by atoms with Gasteiger partial charge in [0.05, 0.1) is 27.0 Å². The molecule has 1 saturated heterocycles. The van der Waals surface area contributed by atoms with Gasteiger partial charge in [0, 0.05) is 36.5 Å². The third-order valence-electron chi connectivity index (χ3n) is 7.31. The predicted molar refractivity (Wildman–Crippen MR) is 172 cm³/mol. The van der Waals surface area contributed by atoms with Crippen molar-refractivity contribution in [2.45, 2.75) is 51.9 Å². The van der Waals surface area contributed by atoms with Crippen molar-refractivity contribution in [2.24, 2.45) is 0 Å². The van der Waals surface area contributed by atoms with Crippen molar-refractivity contribution in [1.82, 2.24) is 24.6 Å². The van der Waals surface area contributed by atoms with Gasteiger partial charge in [-0.05, 0) is 67.7 Å². The molecule has 0 spiro atoms. The topological polar surface area (TPSA) is 95.1 Å². The van der Waals surface area contributed by atoms with Crippen LogP contribution in [0.4, 0.5) is 21.7 Å². The van der Waals surface area contributed by atoms with Crippen LogP contribution in [0.1, 0.15) is 57.0 Å². The fraction of sp³-hybridized carbons (Fsp3) is 0.387. The maximum absolute atomic E-state index is 15.9. The van der Waals surface area contributed by atoms with E-state index in [-0.39, 0.29) is 11.1 Å². The molecule has 5 rings (SSSR count). The molecular formula is C31H38FN7OS2. The fourth-order valence-electron chi connectivity index (χ4n) is 4.75. The van der Waals surface area contributed by atoms with Gasteiger partial charge < -0.3 is 10.6 Å². The third-order valence-corrected chi connectivity index (χ3v) is 10.0. The standard InChI is InChI=1S/C31H38FN7OS2/c1-6-39(5)42(40)38-24-9-7-8-23(26(24)32)27-28(41-29(37-27)31(2,3)4)25-16-19-34-30(36-25)35-22-12-10-20(11-13-22)21-14-17-33-18-15-21/h7-13,16,19,21,33,38H,6,14-15,17-18H2,1-5H3,(H,34,35,36). The van der Waals surface area contributed by atoms with Crippen LogP contribution in [0.15, 0.2) is 54.7 Å². The first-order chi connectivity index (χ1) is 20.1. The molecule has 1 unspecified atom stereocenters. The molecule has 42 heavy (non-hydrogen) atoms. The van der Waals surface area contributed by atoms with Crippen LogP contribution in [0.5, 0.6) is 0 Å². The molecule has 0 aliphatic carbocycles. The molecule has 4 aromatic rings. The number of hydrogen-bond acceptors (Lipinski definition) is 7. The predicted octanol–water partition coefficient (Wildman–Crippen LogP) is 6.86. The summed E-state index contributed by atoms with van der Waals surface area (Å²) in [6, 6.07) is 15.3. The molecule has 0 radical (unpaired) electrons. The number of anilines is 3. The van der Waals surface area contributed by atoms with Crippen LogP contribution in [0, 0.1) is 5.82 Å². The Morgan fingerprint density at radius 1 is 1.10 bits per heavy atom. The van der Waals surface area contributed by atoms with Crippen LogP contribution < -0.4 is 15.4 Å². The van der Waals surface area contributed by atoms with Crippen LogP contribution in [-0.2, 0) is 16.6 Å². The van der Waals surface area contributed by atoms with Gasteiger partial charge in [0.1, 0.15) is 0 Å². The monoisotopic (exact) mass is 607 g/mol. The lowest BCUT2D eigenvalue weighted by atomic mass is 9.90. The number of hydrogen-bond donors (Lipinski definition) is 3. The Balaban J connectivity index is 1.46. The fourth-order valence-corrected chi connectivity index (χ4v) is 6.59. The first kappa shape index (κ1) is 30.2. The summed E-state index contributed by atoms with van der Waals surface area (Å²) in [5, 5.41) is 7.61. The van der Waals surface area contributed by atoms with Gasteiger partial charge in [0.25, 0.3) is 0 Å². The average Bonchev–Trinajstić information content (AvgIpc) is 3.45. The molecule has 0 saturated carbocycles. The first-order valence-electron chi connectivity index (χ1n) is 14.2. The van der Waals surface area contributed by atoms with E-state index in [2.05, 4.69) is 65.4 Å². The minimum atomic E-state index is -1.57. The highest BCUT2D eigenvalue weighted by atomic mass is 32.2. The highest BCUT2D eigenvalue weighted by Gasteiger charge is 2.26. The quantitative estimate of drug-likeness (QED) is 0.193. The normalized spacial score (nSPS) is 15.1. The lowest BCUT2D eigenvalue weighted by Crippen LogP contribution is -2.26. The zero-order valence-electron chi connectivity index (χ0n) is 24.7. The summed E-state index contributed by atoms with van der Waals surface area (Å²) in [7, 11) is 1.71. The van der Waals surface area contributed by atoms with E-state index in [0.29, 0.717) is 35.4 Å². The number of rotatable bonds is 9. The number of halogens is 1. The number of aromatic nitrogens is 3. The molecule has 2 aromatic carbocycles. The Hall–Kier alpha value is -3.25. The van der Waals surface area contributed by atoms with Crippen molar-refractivity contribution in [3.05, 3.63) is 71.1 Å². The summed E-state index contributed by atoms with van der Waals surface area (Å²) >= 11 is -0.0785. The summed E-state index contributed by atoms with van der Waals surface area (Å²) in [5.41, 5.74) is 3.62. The van der Waals surface area contributed by atoms with Gasteiger partial charge in [-0.15, -0.1) is 11.3 Å². The second-order valence-electron chi connectivity index (χ2n) is 11.4. The summed E-state index contributed by atoms with van der Waals surface area (Å²) in [4.78, 5) is 14.9. The Morgan fingerprint density at radius 3 is 2.52 bits per heavy atom. The van der Waals surface area contributed by atoms with Crippen molar-refractivity contribution in [1.29, 1.82) is 0 Å². The maximum Gasteiger partial charge on any atom is 0.227 e. The van der Waals surface area contributed by atoms with Crippen molar-refractivity contribution in [3.63, 3.8) is 0 Å². The lowest BCUT2D eigenvalue weighted by Gasteiger charge is -2.23. The van der Waals surface area contributed by atoms with Gasteiger partial charge in [-0.1, -0.05) is 45.9 Å². The van der Waals surface area contributed by atoms with Crippen LogP contribution in [-0.4, -0.2) is 50.1 Å². The van der Waals surface area contributed by atoms with E-state index < -0.39 is 17.0 Å². The minimum Gasteiger partial charge on any atom is -0.324 e. The molecule has 11 heteroatoms. The summed E-state index contributed by atoms with van der Waals surface area (Å²) in [6.07, 6.45) is 4.00. The van der Waals surface area contributed by atoms with E-state index in [0.717, 1.165) is 41.5 Å². The van der Waals surface area contributed by atoms with E-state index in [1.165, 1.54) is 16.9 Å². The van der Waals surface area contributed by atoms with Gasteiger partial charge in [0.2, 0.25) is 5.95 Å². The third kappa shape index (κ3) is 6.86. The number of benzene rings is 2. The van der Waals surface area contributed by atoms with E-state index >= 15 is 4.39 Å². The minimum absolute atomic E-state index is 0.153. The lowest BCUT2D eigenvalue weighted by molar-refractivity contribution is 0.460. The molecule has 1 aliphatic heterocycles. The van der Waals surface area contributed by atoms with Crippen LogP contribution in [0.2, 0.25) is 0 Å². The smallest absolute Gasteiger partial charge is 0.227 e. The second kappa shape index (κ2) is 12.9. The van der Waals surface area contributed by atoms with Gasteiger partial charge in [-0.2, -0.15) is 0 Å². The van der Waals surface area contributed by atoms with Crippen molar-refractivity contribution < 1.29 is 8.60 Å². The maximum atomic E-state index is 15.9. The molecule has 0 amide bonds. The molecule has 0 bridgehead atoms. The molecule has 8 nitrogen and oxygen atoms in total. The molecular weight excluding hydrogens is 570 g/mol. The van der Waals surface area contributed by atoms with Crippen LogP contribution in [0.3, 0.4) is 0 Å². The largest absolute Gasteiger partial charge is 0.324 e. The molecule has 2 aromatic heterocycles. The number of piperidine rings is 1. The molecule has 1 aliphatic rings. The Kier molecular flexibility index (Phi) is 9.32. The molecule has 1 atom stereocenters. The van der Waals surface area contributed by atoms with Gasteiger partial charge >= 0.3 is 0 Å². The number of nitrogens with one attached hydrogen (secondary N) is 3. The van der Waals surface area contributed by atoms with Gasteiger partial charge in [-0.25, -0.2) is 27.9 Å². The van der Waals surface area contributed by atoms with Crippen LogP contribution >= 0.6 is 11.3 Å². The van der Waals surface area contributed by atoms with Crippen molar-refractivity contribution >= 4 is 39.8 Å². The first-order valence-corrected chi connectivity index (χ1v) is 16.2. The zero-order valence-corrected chi connectivity index (χ0v) is 26.3. The molecule has 222 valence electrons. The summed E-state index contributed by atoms with van der Waals surface area (Å²) in [6.45, 7) is 10.8. The van der Waals surface area contributed by atoms with Crippen molar-refractivity contribution in [2.75, 3.05) is 36.7 Å². The Morgan fingerprint density at radius 2 is 1.83 bits per heavy atom. The SMILES string of the molecule is CCN(C)S(=O)Nc1cccc(-c2nc(C(C)(C)C)sc2-c2ccnc(Nc3ccc(C4CCNCC4)cc3)n2)c1F. The summed E-state index contributed by atoms with van der Waals surface area (Å²) in [5.74, 6) is 0.527. The second-order valence-corrected chi connectivity index (χ2v) is 13.8. The van der Waals surface area contributed by atoms with Gasteiger partial charge in [0.15, 0.2) is 17.0 Å². The molecule has 1 fully saturated rings. The number of nitrogens with zero attached hydrogens (tertiary/aromatic N) is 4. The van der Waals surface area contributed by atoms with E-state index in [9.17, 15) is 4.21 Å². The number of thiazole rings is 1. The van der Waals surface area contributed by atoms with Gasteiger partial charge in [-0.3, -0.25) is 4.72 Å². The average molecular weight is 608 g/mol. The van der Waals surface area contributed by atoms with E-state index in [4.69, 9.17) is 9.97 Å². The zero-order chi connectivity index (χ0) is 29.9. The van der Waals surface area contributed by atoms with Crippen LogP contribution in [0.25, 0.3) is 21.8 Å². The van der Waals surface area contributed by atoms with E-state index in [1.807, 2.05) is 13.0 Å². The Labute approximate surface area is 253 Å². The molecule has 3 heterocycles. The highest BCUT2D eigenvalue weighted by molar-refractivity contribution is 7.84.